The predicted octanol–water partition coefficient (Wildman–Crippen LogP) is 4.69. The van der Waals surface area contributed by atoms with Crippen molar-refractivity contribution < 1.29 is 0 Å². The number of nitrogens with two attached hydrogens (primary N) is 1. The number of hydrogen-bond donors (Lipinski definition) is 2. The fourth-order valence-corrected chi connectivity index (χ4v) is 2.42. The van der Waals surface area contributed by atoms with E-state index in [-0.39, 0.29) is 0 Å². The van der Waals surface area contributed by atoms with E-state index in [1.54, 1.807) is 0 Å². The first kappa shape index (κ1) is 12.7. The molecular formula is C13H12BrIN2. The van der Waals surface area contributed by atoms with Gasteiger partial charge in [-0.3, -0.25) is 0 Å². The minimum atomic E-state index is 0.755. The molecule has 0 spiro atoms. The average Bonchev–Trinajstić information content (AvgIpc) is 2.28. The van der Waals surface area contributed by atoms with Gasteiger partial charge >= 0.3 is 0 Å². The molecule has 0 amide bonds. The molecule has 0 bridgehead atoms. The Morgan fingerprint density at radius 3 is 2.65 bits per heavy atom. The molecule has 0 fully saturated rings. The van der Waals surface area contributed by atoms with E-state index in [2.05, 4.69) is 56.8 Å². The standard InChI is InChI=1S/C13H12BrIN2/c1-8-3-2-4-12(13(8)14)17-11-6-5-9(15)7-10(11)16/h2-7,17H,16H2,1H3. The summed E-state index contributed by atoms with van der Waals surface area (Å²) in [6.45, 7) is 2.06. The highest BCUT2D eigenvalue weighted by Gasteiger charge is 2.05. The summed E-state index contributed by atoms with van der Waals surface area (Å²) in [4.78, 5) is 0. The second-order valence-corrected chi connectivity index (χ2v) is 5.83. The molecule has 2 rings (SSSR count). The molecule has 0 unspecified atom stereocenters. The summed E-state index contributed by atoms with van der Waals surface area (Å²) in [5.74, 6) is 0. The molecule has 0 saturated carbocycles. The SMILES string of the molecule is Cc1cccc(Nc2ccc(I)cc2N)c1Br. The van der Waals surface area contributed by atoms with E-state index in [4.69, 9.17) is 5.73 Å². The molecule has 17 heavy (non-hydrogen) atoms. The maximum atomic E-state index is 5.97. The highest BCUT2D eigenvalue weighted by molar-refractivity contribution is 14.1. The molecule has 3 N–H and O–H groups in total. The Labute approximate surface area is 123 Å². The van der Waals surface area contributed by atoms with E-state index >= 15 is 0 Å². The first-order valence-corrected chi connectivity index (χ1v) is 7.02. The van der Waals surface area contributed by atoms with Crippen molar-refractivity contribution in [3.63, 3.8) is 0 Å². The Morgan fingerprint density at radius 2 is 1.94 bits per heavy atom. The Hall–Kier alpha value is -0.750. The van der Waals surface area contributed by atoms with E-state index in [9.17, 15) is 0 Å². The summed E-state index contributed by atoms with van der Waals surface area (Å²) in [5.41, 5.74) is 9.88. The molecule has 0 aliphatic carbocycles. The number of nitrogen functional groups attached to an aromatic ring is 1. The minimum absolute atomic E-state index is 0.755. The van der Waals surface area contributed by atoms with Crippen LogP contribution in [0.25, 0.3) is 0 Å². The van der Waals surface area contributed by atoms with Gasteiger partial charge in [0.2, 0.25) is 0 Å². The summed E-state index contributed by atoms with van der Waals surface area (Å²) in [5, 5.41) is 3.33. The van der Waals surface area contributed by atoms with Gasteiger partial charge < -0.3 is 11.1 Å². The van der Waals surface area contributed by atoms with Gasteiger partial charge in [0.25, 0.3) is 0 Å². The van der Waals surface area contributed by atoms with Crippen LogP contribution in [0.5, 0.6) is 0 Å². The summed E-state index contributed by atoms with van der Waals surface area (Å²) in [6, 6.07) is 12.1. The number of benzene rings is 2. The molecular weight excluding hydrogens is 391 g/mol. The number of halogens is 2. The zero-order valence-corrected chi connectivity index (χ0v) is 13.0. The number of aryl methyl sites for hydroxylation is 1. The summed E-state index contributed by atoms with van der Waals surface area (Å²) in [7, 11) is 0. The monoisotopic (exact) mass is 402 g/mol. The van der Waals surface area contributed by atoms with Crippen molar-refractivity contribution in [2.45, 2.75) is 6.92 Å². The smallest absolute Gasteiger partial charge is 0.0618 e. The Kier molecular flexibility index (Phi) is 3.93. The van der Waals surface area contributed by atoms with Crippen molar-refractivity contribution in [3.8, 4) is 0 Å². The first-order chi connectivity index (χ1) is 8.08. The summed E-state index contributed by atoms with van der Waals surface area (Å²) < 4.78 is 2.20. The molecule has 0 atom stereocenters. The Bertz CT molecular complexity index is 555. The molecule has 4 heteroatoms. The third-order valence-electron chi connectivity index (χ3n) is 2.47. The maximum Gasteiger partial charge on any atom is 0.0618 e. The van der Waals surface area contributed by atoms with Gasteiger partial charge in [0.15, 0.2) is 0 Å². The molecule has 88 valence electrons. The van der Waals surface area contributed by atoms with E-state index in [0.717, 1.165) is 25.1 Å². The molecule has 2 aromatic rings. The van der Waals surface area contributed by atoms with Crippen LogP contribution >= 0.6 is 38.5 Å². The zero-order chi connectivity index (χ0) is 12.4. The lowest BCUT2D eigenvalue weighted by Crippen LogP contribution is -1.97. The Morgan fingerprint density at radius 1 is 1.18 bits per heavy atom. The molecule has 2 nitrogen and oxygen atoms in total. The van der Waals surface area contributed by atoms with E-state index in [1.165, 1.54) is 5.56 Å². The van der Waals surface area contributed by atoms with Gasteiger partial charge in [0.1, 0.15) is 0 Å². The average molecular weight is 403 g/mol. The number of hydrogen-bond acceptors (Lipinski definition) is 2. The van der Waals surface area contributed by atoms with Crippen LogP contribution in [0.2, 0.25) is 0 Å². The predicted molar refractivity (Wildman–Crippen MR) is 85.7 cm³/mol. The van der Waals surface area contributed by atoms with Crippen molar-refractivity contribution >= 4 is 55.6 Å². The van der Waals surface area contributed by atoms with Crippen LogP contribution in [0, 0.1) is 10.5 Å². The summed E-state index contributed by atoms with van der Waals surface area (Å²) in [6.07, 6.45) is 0. The number of nitrogens with one attached hydrogen (secondary N) is 1. The van der Waals surface area contributed by atoms with Crippen molar-refractivity contribution in [2.24, 2.45) is 0 Å². The van der Waals surface area contributed by atoms with Crippen molar-refractivity contribution in [3.05, 3.63) is 50.0 Å². The number of anilines is 3. The minimum Gasteiger partial charge on any atom is -0.397 e. The van der Waals surface area contributed by atoms with E-state index in [1.807, 2.05) is 30.3 Å². The van der Waals surface area contributed by atoms with Gasteiger partial charge in [0.05, 0.1) is 17.1 Å². The third-order valence-corrected chi connectivity index (χ3v) is 4.20. The molecule has 0 radical (unpaired) electrons. The normalized spacial score (nSPS) is 10.3. The lowest BCUT2D eigenvalue weighted by Gasteiger charge is -2.12. The van der Waals surface area contributed by atoms with Gasteiger partial charge in [-0.1, -0.05) is 12.1 Å². The maximum absolute atomic E-state index is 5.97. The van der Waals surface area contributed by atoms with Gasteiger partial charge in [-0.15, -0.1) is 0 Å². The largest absolute Gasteiger partial charge is 0.397 e. The molecule has 0 aromatic heterocycles. The van der Waals surface area contributed by atoms with Crippen molar-refractivity contribution in [1.82, 2.24) is 0 Å². The summed E-state index contributed by atoms with van der Waals surface area (Å²) >= 11 is 5.82. The van der Waals surface area contributed by atoms with Crippen LogP contribution in [0.4, 0.5) is 17.1 Å². The topological polar surface area (TPSA) is 38.0 Å². The lowest BCUT2D eigenvalue weighted by molar-refractivity contribution is 1.41. The van der Waals surface area contributed by atoms with Crippen molar-refractivity contribution in [2.75, 3.05) is 11.1 Å². The second-order valence-electron chi connectivity index (χ2n) is 3.79. The van der Waals surface area contributed by atoms with Crippen molar-refractivity contribution in [1.29, 1.82) is 0 Å². The van der Waals surface area contributed by atoms with Gasteiger partial charge in [-0.2, -0.15) is 0 Å². The zero-order valence-electron chi connectivity index (χ0n) is 9.30. The van der Waals surface area contributed by atoms with E-state index < -0.39 is 0 Å². The van der Waals surface area contributed by atoms with Crippen LogP contribution in [-0.4, -0.2) is 0 Å². The van der Waals surface area contributed by atoms with Crippen LogP contribution in [0.15, 0.2) is 40.9 Å². The molecule has 0 aliphatic rings. The van der Waals surface area contributed by atoms with Gasteiger partial charge in [-0.25, -0.2) is 0 Å². The highest BCUT2D eigenvalue weighted by Crippen LogP contribution is 2.31. The van der Waals surface area contributed by atoms with Crippen LogP contribution in [-0.2, 0) is 0 Å². The van der Waals surface area contributed by atoms with E-state index in [0.29, 0.717) is 0 Å². The quantitative estimate of drug-likeness (QED) is 0.565. The highest BCUT2D eigenvalue weighted by atomic mass is 127. The molecule has 0 heterocycles. The first-order valence-electron chi connectivity index (χ1n) is 5.15. The fourth-order valence-electron chi connectivity index (χ4n) is 1.54. The lowest BCUT2D eigenvalue weighted by atomic mass is 10.2. The van der Waals surface area contributed by atoms with Gasteiger partial charge in [-0.05, 0) is 75.3 Å². The van der Waals surface area contributed by atoms with Crippen LogP contribution < -0.4 is 11.1 Å². The second kappa shape index (κ2) is 5.27. The van der Waals surface area contributed by atoms with Crippen LogP contribution in [0.1, 0.15) is 5.56 Å². The third kappa shape index (κ3) is 2.93. The van der Waals surface area contributed by atoms with Crippen LogP contribution in [0.3, 0.4) is 0 Å². The molecule has 2 aromatic carbocycles. The molecule has 0 aliphatic heterocycles. The Balaban J connectivity index is 2.35. The molecule has 0 saturated heterocycles. The van der Waals surface area contributed by atoms with Gasteiger partial charge in [0, 0.05) is 8.04 Å². The number of rotatable bonds is 2. The fraction of sp³-hybridized carbons (Fsp3) is 0.0769.